The van der Waals surface area contributed by atoms with E-state index in [2.05, 4.69) is 20.8 Å². The maximum atomic E-state index is 12.7. The van der Waals surface area contributed by atoms with E-state index in [1.54, 1.807) is 29.3 Å². The van der Waals surface area contributed by atoms with E-state index >= 15 is 0 Å². The molecule has 0 aliphatic carbocycles. The van der Waals surface area contributed by atoms with Gasteiger partial charge in [-0.1, -0.05) is 22.0 Å². The lowest BCUT2D eigenvalue weighted by molar-refractivity contribution is -0.139. The normalized spacial score (nSPS) is 16.8. The van der Waals surface area contributed by atoms with Crippen LogP contribution in [0.2, 0.25) is 0 Å². The summed E-state index contributed by atoms with van der Waals surface area (Å²) in [5, 5.41) is 0. The number of esters is 2. The monoisotopic (exact) mass is 448 g/mol. The molecular weight excluding hydrogens is 428 g/mol. The number of carbonyl (C=O) groups excluding carboxylic acids is 2. The standard InChI is InChI=1S/C20H21BrN2O5/c1-26-19(24)15-5-3-4-8-23(18(15)20(25)27-2)17-13-14(21)6-7-16(17)22-9-11-28-12-10-22/h3-8,13H,9-12H2,1-2H3. The van der Waals surface area contributed by atoms with Gasteiger partial charge in [0.1, 0.15) is 5.70 Å². The molecule has 1 fully saturated rings. The number of carbonyl (C=O) groups is 2. The van der Waals surface area contributed by atoms with Crippen LogP contribution >= 0.6 is 15.9 Å². The van der Waals surface area contributed by atoms with Gasteiger partial charge in [0, 0.05) is 23.8 Å². The topological polar surface area (TPSA) is 68.3 Å². The van der Waals surface area contributed by atoms with E-state index in [4.69, 9.17) is 14.2 Å². The Morgan fingerprint density at radius 1 is 1.04 bits per heavy atom. The predicted molar refractivity (Wildman–Crippen MR) is 109 cm³/mol. The second kappa shape index (κ2) is 9.07. The fraction of sp³-hybridized carbons (Fsp3) is 0.300. The summed E-state index contributed by atoms with van der Waals surface area (Å²) in [5.74, 6) is -1.25. The van der Waals surface area contributed by atoms with E-state index < -0.39 is 11.9 Å². The molecule has 1 aromatic rings. The summed E-state index contributed by atoms with van der Waals surface area (Å²) in [5.41, 5.74) is 1.86. The summed E-state index contributed by atoms with van der Waals surface area (Å²) in [4.78, 5) is 28.9. The van der Waals surface area contributed by atoms with Gasteiger partial charge >= 0.3 is 11.9 Å². The third-order valence-electron chi connectivity index (χ3n) is 4.44. The summed E-state index contributed by atoms with van der Waals surface area (Å²) < 4.78 is 16.2. The molecule has 0 unspecified atom stereocenters. The van der Waals surface area contributed by atoms with Crippen LogP contribution in [0.5, 0.6) is 0 Å². The first-order chi connectivity index (χ1) is 13.6. The van der Waals surface area contributed by atoms with Crippen LogP contribution in [0.1, 0.15) is 0 Å². The summed E-state index contributed by atoms with van der Waals surface area (Å²) in [7, 11) is 2.56. The number of nitrogens with zero attached hydrogens (tertiary/aromatic N) is 2. The van der Waals surface area contributed by atoms with Crippen LogP contribution in [0.15, 0.2) is 58.4 Å². The average Bonchev–Trinajstić information content (AvgIpc) is 2.96. The van der Waals surface area contributed by atoms with Crippen molar-refractivity contribution in [2.75, 3.05) is 50.3 Å². The molecule has 2 heterocycles. The maximum absolute atomic E-state index is 12.7. The molecular formula is C20H21BrN2O5. The van der Waals surface area contributed by atoms with Crippen LogP contribution in [-0.2, 0) is 23.8 Å². The van der Waals surface area contributed by atoms with Crippen LogP contribution < -0.4 is 9.80 Å². The number of anilines is 2. The molecule has 0 bridgehead atoms. The Hall–Kier alpha value is -2.58. The van der Waals surface area contributed by atoms with Gasteiger partial charge in [0.25, 0.3) is 0 Å². The number of ether oxygens (including phenoxy) is 3. The Bertz CT molecular complexity index is 856. The van der Waals surface area contributed by atoms with E-state index in [1.807, 2.05) is 18.2 Å². The van der Waals surface area contributed by atoms with E-state index in [1.165, 1.54) is 14.2 Å². The highest BCUT2D eigenvalue weighted by atomic mass is 79.9. The lowest BCUT2D eigenvalue weighted by atomic mass is 10.1. The van der Waals surface area contributed by atoms with Crippen molar-refractivity contribution < 1.29 is 23.8 Å². The Kier molecular flexibility index (Phi) is 6.53. The van der Waals surface area contributed by atoms with Crippen molar-refractivity contribution in [1.29, 1.82) is 0 Å². The highest BCUT2D eigenvalue weighted by Gasteiger charge is 2.29. The van der Waals surface area contributed by atoms with Crippen molar-refractivity contribution in [3.63, 3.8) is 0 Å². The number of methoxy groups -OCH3 is 2. The van der Waals surface area contributed by atoms with Gasteiger partial charge in [-0.05, 0) is 30.4 Å². The fourth-order valence-corrected chi connectivity index (χ4v) is 3.46. The Morgan fingerprint density at radius 2 is 1.75 bits per heavy atom. The van der Waals surface area contributed by atoms with Crippen molar-refractivity contribution in [3.8, 4) is 0 Å². The molecule has 0 N–H and O–H groups in total. The number of benzene rings is 1. The molecule has 2 aliphatic rings. The molecule has 0 aromatic heterocycles. The van der Waals surface area contributed by atoms with Gasteiger partial charge in [-0.15, -0.1) is 0 Å². The Labute approximate surface area is 172 Å². The maximum Gasteiger partial charge on any atom is 0.355 e. The SMILES string of the molecule is COC(=O)C1=C(C(=O)OC)N(c2cc(Br)ccc2N2CCOCC2)C=CC=C1. The smallest absolute Gasteiger partial charge is 0.355 e. The lowest BCUT2D eigenvalue weighted by Crippen LogP contribution is -2.37. The predicted octanol–water partition coefficient (Wildman–Crippen LogP) is 2.78. The molecule has 1 aromatic carbocycles. The summed E-state index contributed by atoms with van der Waals surface area (Å²) in [6, 6.07) is 5.82. The quantitative estimate of drug-likeness (QED) is 0.655. The first kappa shape index (κ1) is 20.2. The molecule has 3 rings (SSSR count). The van der Waals surface area contributed by atoms with Crippen molar-refractivity contribution in [1.82, 2.24) is 0 Å². The second-order valence-electron chi connectivity index (χ2n) is 6.05. The van der Waals surface area contributed by atoms with Gasteiger partial charge in [-0.25, -0.2) is 9.59 Å². The third-order valence-corrected chi connectivity index (χ3v) is 4.93. The molecule has 1 saturated heterocycles. The number of morpholine rings is 1. The molecule has 0 amide bonds. The van der Waals surface area contributed by atoms with Gasteiger partial charge < -0.3 is 24.0 Å². The van der Waals surface area contributed by atoms with Crippen LogP contribution in [0.25, 0.3) is 0 Å². The van der Waals surface area contributed by atoms with E-state index in [0.29, 0.717) is 13.2 Å². The minimum Gasteiger partial charge on any atom is -0.465 e. The van der Waals surface area contributed by atoms with E-state index in [0.717, 1.165) is 28.9 Å². The van der Waals surface area contributed by atoms with Crippen LogP contribution in [0, 0.1) is 0 Å². The van der Waals surface area contributed by atoms with Crippen molar-refractivity contribution in [3.05, 3.63) is 58.4 Å². The van der Waals surface area contributed by atoms with E-state index in [9.17, 15) is 9.59 Å². The van der Waals surface area contributed by atoms with Crippen molar-refractivity contribution in [2.24, 2.45) is 0 Å². The van der Waals surface area contributed by atoms with Gasteiger partial charge in [0.15, 0.2) is 0 Å². The molecule has 8 heteroatoms. The number of allylic oxidation sites excluding steroid dienone is 2. The molecule has 0 radical (unpaired) electrons. The number of rotatable bonds is 4. The van der Waals surface area contributed by atoms with Crippen LogP contribution in [-0.4, -0.2) is 52.5 Å². The molecule has 148 valence electrons. The molecule has 0 spiro atoms. The number of halogens is 1. The molecule has 7 nitrogen and oxygen atoms in total. The largest absolute Gasteiger partial charge is 0.465 e. The minimum absolute atomic E-state index is 0.0898. The van der Waals surface area contributed by atoms with Crippen LogP contribution in [0.4, 0.5) is 11.4 Å². The summed E-state index contributed by atoms with van der Waals surface area (Å²) in [6.07, 6.45) is 6.70. The Morgan fingerprint density at radius 3 is 2.43 bits per heavy atom. The van der Waals surface area contributed by atoms with Gasteiger partial charge in [-0.2, -0.15) is 0 Å². The number of hydrogen-bond acceptors (Lipinski definition) is 7. The van der Waals surface area contributed by atoms with Gasteiger partial charge in [0.2, 0.25) is 0 Å². The van der Waals surface area contributed by atoms with Gasteiger partial charge in [-0.3, -0.25) is 0 Å². The lowest BCUT2D eigenvalue weighted by Gasteiger charge is -2.33. The molecule has 2 aliphatic heterocycles. The zero-order valence-corrected chi connectivity index (χ0v) is 17.3. The zero-order chi connectivity index (χ0) is 20.1. The third kappa shape index (κ3) is 4.13. The fourth-order valence-electron chi connectivity index (χ4n) is 3.11. The summed E-state index contributed by atoms with van der Waals surface area (Å²) >= 11 is 3.50. The van der Waals surface area contributed by atoms with Crippen LogP contribution in [0.3, 0.4) is 0 Å². The number of hydrogen-bond donors (Lipinski definition) is 0. The molecule has 0 saturated carbocycles. The first-order valence-corrected chi connectivity index (χ1v) is 9.53. The summed E-state index contributed by atoms with van der Waals surface area (Å²) in [6.45, 7) is 2.71. The minimum atomic E-state index is -0.635. The van der Waals surface area contributed by atoms with Crippen molar-refractivity contribution >= 4 is 39.2 Å². The molecule has 28 heavy (non-hydrogen) atoms. The highest BCUT2D eigenvalue weighted by molar-refractivity contribution is 9.10. The van der Waals surface area contributed by atoms with Gasteiger partial charge in [0.05, 0.1) is 44.4 Å². The zero-order valence-electron chi connectivity index (χ0n) is 15.7. The Balaban J connectivity index is 2.18. The molecule has 0 atom stereocenters. The highest BCUT2D eigenvalue weighted by Crippen LogP contribution is 2.37. The van der Waals surface area contributed by atoms with Crippen molar-refractivity contribution in [2.45, 2.75) is 0 Å². The van der Waals surface area contributed by atoms with E-state index in [-0.39, 0.29) is 11.3 Å². The first-order valence-electron chi connectivity index (χ1n) is 8.74. The average molecular weight is 449 g/mol. The second-order valence-corrected chi connectivity index (χ2v) is 6.96.